The van der Waals surface area contributed by atoms with Crippen molar-refractivity contribution >= 4 is 36.3 Å². The topological polar surface area (TPSA) is 197 Å². The van der Waals surface area contributed by atoms with Gasteiger partial charge in [0, 0.05) is 5.75 Å². The van der Waals surface area contributed by atoms with Crippen LogP contribution < -0.4 is 27.4 Å². The molecule has 12 heteroatoms. The second kappa shape index (κ2) is 13.3. The summed E-state index contributed by atoms with van der Waals surface area (Å²) < 4.78 is 0. The molecule has 0 aromatic heterocycles. The SMILES string of the molecule is NCCCCC(NC(=O)C(CO)NC(=O)C(N)CS)C(=O)NCC(=O)O. The Kier molecular flexibility index (Phi) is 12.4. The molecule has 0 aliphatic rings. The zero-order chi connectivity index (χ0) is 20.1. The third-order valence-corrected chi connectivity index (χ3v) is 3.74. The number of aliphatic hydroxyl groups is 1. The van der Waals surface area contributed by atoms with Gasteiger partial charge in [0.15, 0.2) is 0 Å². The summed E-state index contributed by atoms with van der Waals surface area (Å²) in [6.07, 6.45) is 1.34. The van der Waals surface area contributed by atoms with E-state index in [1.807, 2.05) is 0 Å². The average molecular weight is 393 g/mol. The van der Waals surface area contributed by atoms with Crippen LogP contribution in [0.3, 0.4) is 0 Å². The summed E-state index contributed by atoms with van der Waals surface area (Å²) in [5.74, 6) is -3.34. The standard InChI is InChI=1S/C14H27N5O6S/c15-4-2-1-3-9(13(24)17-5-11(21)22)18-14(25)10(6-20)19-12(23)8(16)7-26/h8-10,20,26H,1-7,15-16H2,(H,17,24)(H,18,25)(H,19,23)(H,21,22). The van der Waals surface area contributed by atoms with Gasteiger partial charge in [-0.15, -0.1) is 0 Å². The first kappa shape index (κ1) is 24.1. The summed E-state index contributed by atoms with van der Waals surface area (Å²) in [4.78, 5) is 46.6. The fourth-order valence-corrected chi connectivity index (χ4v) is 2.04. The molecule has 0 heterocycles. The summed E-state index contributed by atoms with van der Waals surface area (Å²) in [6.45, 7) is -0.906. The zero-order valence-corrected chi connectivity index (χ0v) is 15.2. The summed E-state index contributed by atoms with van der Waals surface area (Å²) in [6, 6.07) is -3.30. The van der Waals surface area contributed by atoms with Crippen molar-refractivity contribution in [1.29, 1.82) is 0 Å². The van der Waals surface area contributed by atoms with Crippen LogP contribution in [0.2, 0.25) is 0 Å². The van der Waals surface area contributed by atoms with Crippen LogP contribution in [0.4, 0.5) is 0 Å². The van der Waals surface area contributed by atoms with Gasteiger partial charge in [-0.2, -0.15) is 12.6 Å². The smallest absolute Gasteiger partial charge is 0.322 e. The number of hydrogen-bond acceptors (Lipinski definition) is 8. The number of amides is 3. The normalized spacial score (nSPS) is 14.0. The molecule has 0 saturated heterocycles. The molecule has 11 nitrogen and oxygen atoms in total. The van der Waals surface area contributed by atoms with Crippen molar-refractivity contribution in [2.45, 2.75) is 37.4 Å². The maximum atomic E-state index is 12.2. The number of nitrogens with two attached hydrogens (primary N) is 2. The van der Waals surface area contributed by atoms with Gasteiger partial charge in [-0.25, -0.2) is 0 Å². The molecule has 150 valence electrons. The van der Waals surface area contributed by atoms with E-state index in [0.29, 0.717) is 19.4 Å². The highest BCUT2D eigenvalue weighted by atomic mass is 32.1. The molecule has 3 atom stereocenters. The van der Waals surface area contributed by atoms with Gasteiger partial charge in [0.1, 0.15) is 18.6 Å². The first-order valence-electron chi connectivity index (χ1n) is 8.04. The van der Waals surface area contributed by atoms with Gasteiger partial charge >= 0.3 is 5.97 Å². The molecular weight excluding hydrogens is 366 g/mol. The second-order valence-electron chi connectivity index (χ2n) is 5.49. The van der Waals surface area contributed by atoms with E-state index in [2.05, 4.69) is 28.6 Å². The summed E-state index contributed by atoms with van der Waals surface area (Å²) in [7, 11) is 0. The highest BCUT2D eigenvalue weighted by Gasteiger charge is 2.27. The minimum Gasteiger partial charge on any atom is -0.480 e. The van der Waals surface area contributed by atoms with Gasteiger partial charge in [-0.3, -0.25) is 19.2 Å². The predicted octanol–water partition coefficient (Wildman–Crippen LogP) is -3.46. The molecule has 3 amide bonds. The Bertz CT molecular complexity index is 492. The predicted molar refractivity (Wildman–Crippen MR) is 96.3 cm³/mol. The fraction of sp³-hybridized carbons (Fsp3) is 0.714. The Hall–Kier alpha value is -1.89. The van der Waals surface area contributed by atoms with E-state index in [1.165, 1.54) is 0 Å². The van der Waals surface area contributed by atoms with E-state index in [0.717, 1.165) is 0 Å². The van der Waals surface area contributed by atoms with Crippen LogP contribution in [0, 0.1) is 0 Å². The monoisotopic (exact) mass is 393 g/mol. The molecule has 0 spiro atoms. The number of carboxylic acid groups (broad SMARTS) is 1. The maximum absolute atomic E-state index is 12.2. The summed E-state index contributed by atoms with van der Waals surface area (Å²) in [5, 5.41) is 24.8. The Balaban J connectivity index is 4.90. The fourth-order valence-electron chi connectivity index (χ4n) is 1.88. The van der Waals surface area contributed by atoms with Crippen molar-refractivity contribution in [3.8, 4) is 0 Å². The molecule has 0 fully saturated rings. The third kappa shape index (κ3) is 9.56. The van der Waals surface area contributed by atoms with Crippen LogP contribution in [0.15, 0.2) is 0 Å². The van der Waals surface area contributed by atoms with Gasteiger partial charge in [-0.1, -0.05) is 0 Å². The average Bonchev–Trinajstić information content (AvgIpc) is 2.62. The molecular formula is C14H27N5O6S. The molecule has 26 heavy (non-hydrogen) atoms. The molecule has 0 aromatic carbocycles. The number of carboxylic acids is 1. The van der Waals surface area contributed by atoms with Crippen molar-refractivity contribution in [2.24, 2.45) is 11.5 Å². The lowest BCUT2D eigenvalue weighted by molar-refractivity contribution is -0.138. The van der Waals surface area contributed by atoms with Crippen LogP contribution >= 0.6 is 12.6 Å². The molecule has 3 unspecified atom stereocenters. The Morgan fingerprint density at radius 3 is 2.12 bits per heavy atom. The van der Waals surface area contributed by atoms with Crippen molar-refractivity contribution in [1.82, 2.24) is 16.0 Å². The second-order valence-corrected chi connectivity index (χ2v) is 5.86. The van der Waals surface area contributed by atoms with E-state index in [-0.39, 0.29) is 12.2 Å². The van der Waals surface area contributed by atoms with E-state index < -0.39 is 55.0 Å². The number of carbonyl (C=O) groups excluding carboxylic acids is 3. The van der Waals surface area contributed by atoms with Gasteiger partial charge in [0.05, 0.1) is 12.6 Å². The molecule has 9 N–H and O–H groups in total. The molecule has 0 saturated carbocycles. The lowest BCUT2D eigenvalue weighted by Gasteiger charge is -2.22. The number of hydrogen-bond donors (Lipinski definition) is 8. The lowest BCUT2D eigenvalue weighted by atomic mass is 10.1. The zero-order valence-electron chi connectivity index (χ0n) is 14.3. The van der Waals surface area contributed by atoms with Gasteiger partial charge in [0.25, 0.3) is 0 Å². The van der Waals surface area contributed by atoms with Crippen LogP contribution in [0.5, 0.6) is 0 Å². The number of aliphatic hydroxyl groups excluding tert-OH is 1. The van der Waals surface area contributed by atoms with E-state index in [1.54, 1.807) is 0 Å². The Labute approximate surface area is 156 Å². The molecule has 0 radical (unpaired) electrons. The van der Waals surface area contributed by atoms with Gasteiger partial charge in [-0.05, 0) is 25.8 Å². The maximum Gasteiger partial charge on any atom is 0.322 e. The highest BCUT2D eigenvalue weighted by Crippen LogP contribution is 2.02. The Morgan fingerprint density at radius 1 is 1.00 bits per heavy atom. The van der Waals surface area contributed by atoms with Crippen LogP contribution in [-0.4, -0.2) is 77.5 Å². The minimum atomic E-state index is -1.31. The number of unbranched alkanes of at least 4 members (excludes halogenated alkanes) is 1. The third-order valence-electron chi connectivity index (χ3n) is 3.34. The highest BCUT2D eigenvalue weighted by molar-refractivity contribution is 7.80. The van der Waals surface area contributed by atoms with Crippen LogP contribution in [-0.2, 0) is 19.2 Å². The van der Waals surface area contributed by atoms with E-state index >= 15 is 0 Å². The van der Waals surface area contributed by atoms with Crippen molar-refractivity contribution in [2.75, 3.05) is 25.4 Å². The number of carbonyl (C=O) groups is 4. The number of rotatable bonds is 13. The molecule has 0 bridgehead atoms. The number of aliphatic carboxylic acids is 1. The molecule has 0 aliphatic carbocycles. The van der Waals surface area contributed by atoms with Crippen molar-refractivity contribution in [3.63, 3.8) is 0 Å². The van der Waals surface area contributed by atoms with Crippen molar-refractivity contribution in [3.05, 3.63) is 0 Å². The Morgan fingerprint density at radius 2 is 1.62 bits per heavy atom. The molecule has 0 aromatic rings. The minimum absolute atomic E-state index is 0.0465. The first-order chi connectivity index (χ1) is 12.3. The summed E-state index contributed by atoms with van der Waals surface area (Å²) >= 11 is 3.87. The quantitative estimate of drug-likeness (QED) is 0.117. The van der Waals surface area contributed by atoms with Gasteiger partial charge < -0.3 is 37.6 Å². The van der Waals surface area contributed by atoms with E-state index in [4.69, 9.17) is 16.6 Å². The molecule has 0 aliphatic heterocycles. The lowest BCUT2D eigenvalue weighted by Crippen LogP contribution is -2.57. The number of nitrogens with one attached hydrogen (secondary N) is 3. The van der Waals surface area contributed by atoms with Gasteiger partial charge in [0.2, 0.25) is 17.7 Å². The number of thiol groups is 1. The largest absolute Gasteiger partial charge is 0.480 e. The summed E-state index contributed by atoms with van der Waals surface area (Å²) in [5.41, 5.74) is 10.9. The first-order valence-corrected chi connectivity index (χ1v) is 8.67. The van der Waals surface area contributed by atoms with Crippen molar-refractivity contribution < 1.29 is 29.4 Å². The molecule has 0 rings (SSSR count). The van der Waals surface area contributed by atoms with E-state index in [9.17, 15) is 24.3 Å². The van der Waals surface area contributed by atoms with Crippen LogP contribution in [0.1, 0.15) is 19.3 Å². The van der Waals surface area contributed by atoms with Crippen LogP contribution in [0.25, 0.3) is 0 Å².